The Morgan fingerprint density at radius 2 is 1.91 bits per heavy atom. The molecule has 190 valence electrons. The second-order valence-corrected chi connectivity index (χ2v) is 10.9. The van der Waals surface area contributed by atoms with Crippen LogP contribution >= 0.6 is 0 Å². The summed E-state index contributed by atoms with van der Waals surface area (Å²) in [6.07, 6.45) is 6.48. The third-order valence-electron chi connectivity index (χ3n) is 8.87. The third kappa shape index (κ3) is 4.36. The zero-order valence-corrected chi connectivity index (χ0v) is 21.5. The number of benzene rings is 1. The van der Waals surface area contributed by atoms with Gasteiger partial charge < -0.3 is 9.64 Å². The maximum atomic E-state index is 13.2. The highest BCUT2D eigenvalue weighted by Gasteiger charge is 2.41. The van der Waals surface area contributed by atoms with E-state index in [0.717, 1.165) is 45.2 Å². The van der Waals surface area contributed by atoms with Crippen LogP contribution in [0.4, 0.5) is 4.79 Å². The van der Waals surface area contributed by atoms with Crippen LogP contribution < -0.4 is 5.43 Å². The van der Waals surface area contributed by atoms with Crippen molar-refractivity contribution in [3.05, 3.63) is 35.0 Å². The van der Waals surface area contributed by atoms with Crippen molar-refractivity contribution >= 4 is 16.9 Å². The SMILES string of the molecule is CCN(CC)C(=O)Nn1c(CN2CCOCC2)c2c3c(cccc31)[C@H]1CCCN(CC3CC3)[C@@H]1C2. The van der Waals surface area contributed by atoms with Crippen molar-refractivity contribution in [3.8, 4) is 0 Å². The van der Waals surface area contributed by atoms with E-state index in [9.17, 15) is 4.79 Å². The van der Waals surface area contributed by atoms with Crippen molar-refractivity contribution in [2.45, 2.75) is 64.5 Å². The Labute approximate surface area is 209 Å². The van der Waals surface area contributed by atoms with Crippen molar-refractivity contribution in [1.82, 2.24) is 19.4 Å². The van der Waals surface area contributed by atoms with Gasteiger partial charge in [0, 0.05) is 56.6 Å². The number of likely N-dealkylation sites (tertiary alicyclic amines) is 1. The van der Waals surface area contributed by atoms with Gasteiger partial charge in [-0.25, -0.2) is 10.2 Å². The number of carbonyl (C=O) groups excluding carboxylic acids is 1. The lowest BCUT2D eigenvalue weighted by Crippen LogP contribution is -2.47. The first-order chi connectivity index (χ1) is 17.2. The fourth-order valence-electron chi connectivity index (χ4n) is 6.80. The first-order valence-corrected chi connectivity index (χ1v) is 13.9. The highest BCUT2D eigenvalue weighted by atomic mass is 16.5. The average molecular weight is 480 g/mol. The predicted octanol–water partition coefficient (Wildman–Crippen LogP) is 3.99. The van der Waals surface area contributed by atoms with Gasteiger partial charge in [-0.3, -0.25) is 14.5 Å². The highest BCUT2D eigenvalue weighted by molar-refractivity contribution is 5.93. The van der Waals surface area contributed by atoms with Crippen LogP contribution in [0.5, 0.6) is 0 Å². The minimum Gasteiger partial charge on any atom is -0.379 e. The number of urea groups is 1. The monoisotopic (exact) mass is 479 g/mol. The Hall–Kier alpha value is -2.09. The molecular formula is C28H41N5O2. The minimum atomic E-state index is -0.0147. The van der Waals surface area contributed by atoms with E-state index in [2.05, 4.69) is 38.1 Å². The van der Waals surface area contributed by atoms with Gasteiger partial charge in [0.05, 0.1) is 24.4 Å². The number of piperidine rings is 1. The van der Waals surface area contributed by atoms with E-state index >= 15 is 0 Å². The number of fused-ring (bicyclic) bond motifs is 2. The molecule has 0 spiro atoms. The zero-order chi connectivity index (χ0) is 23.9. The second kappa shape index (κ2) is 9.75. The average Bonchev–Trinajstić information content (AvgIpc) is 3.66. The molecule has 1 saturated carbocycles. The molecule has 7 heteroatoms. The molecule has 6 rings (SSSR count). The number of amides is 2. The van der Waals surface area contributed by atoms with Gasteiger partial charge >= 0.3 is 6.03 Å². The largest absolute Gasteiger partial charge is 0.379 e. The summed E-state index contributed by atoms with van der Waals surface area (Å²) < 4.78 is 7.78. The Morgan fingerprint density at radius 1 is 1.11 bits per heavy atom. The summed E-state index contributed by atoms with van der Waals surface area (Å²) in [5.74, 6) is 1.51. The summed E-state index contributed by atoms with van der Waals surface area (Å²) in [4.78, 5) is 20.4. The molecule has 2 aromatic rings. The second-order valence-electron chi connectivity index (χ2n) is 10.9. The molecule has 0 bridgehead atoms. The van der Waals surface area contributed by atoms with Gasteiger partial charge in [-0.05, 0) is 75.6 Å². The van der Waals surface area contributed by atoms with Crippen LogP contribution in [-0.4, -0.2) is 83.9 Å². The molecule has 7 nitrogen and oxygen atoms in total. The van der Waals surface area contributed by atoms with Gasteiger partial charge in [-0.1, -0.05) is 12.1 Å². The smallest absolute Gasteiger partial charge is 0.336 e. The maximum Gasteiger partial charge on any atom is 0.336 e. The van der Waals surface area contributed by atoms with Crippen LogP contribution in [-0.2, 0) is 17.7 Å². The van der Waals surface area contributed by atoms with Crippen LogP contribution in [0.2, 0.25) is 0 Å². The summed E-state index contributed by atoms with van der Waals surface area (Å²) in [7, 11) is 0. The molecule has 35 heavy (non-hydrogen) atoms. The van der Waals surface area contributed by atoms with Crippen LogP contribution in [0.25, 0.3) is 10.9 Å². The zero-order valence-electron chi connectivity index (χ0n) is 21.5. The molecule has 3 fully saturated rings. The maximum absolute atomic E-state index is 13.2. The lowest BCUT2D eigenvalue weighted by atomic mass is 9.74. The van der Waals surface area contributed by atoms with E-state index in [1.54, 1.807) is 0 Å². The van der Waals surface area contributed by atoms with Gasteiger partial charge in [-0.15, -0.1) is 0 Å². The fraction of sp³-hybridized carbons (Fsp3) is 0.679. The van der Waals surface area contributed by atoms with Gasteiger partial charge in [-0.2, -0.15) is 0 Å². The van der Waals surface area contributed by atoms with Gasteiger partial charge in [0.15, 0.2) is 0 Å². The van der Waals surface area contributed by atoms with E-state index in [1.807, 2.05) is 18.7 Å². The van der Waals surface area contributed by atoms with Crippen LogP contribution in [0, 0.1) is 5.92 Å². The van der Waals surface area contributed by atoms with Gasteiger partial charge in [0.25, 0.3) is 0 Å². The molecule has 1 N–H and O–H groups in total. The van der Waals surface area contributed by atoms with Crippen molar-refractivity contribution in [2.75, 3.05) is 57.9 Å². The number of rotatable bonds is 7. The third-order valence-corrected chi connectivity index (χ3v) is 8.87. The number of nitrogens with zero attached hydrogens (tertiary/aromatic N) is 4. The van der Waals surface area contributed by atoms with Crippen LogP contribution in [0.15, 0.2) is 18.2 Å². The summed E-state index contributed by atoms with van der Waals surface area (Å²) in [5, 5.41) is 1.41. The van der Waals surface area contributed by atoms with E-state index in [4.69, 9.17) is 4.74 Å². The normalized spacial score (nSPS) is 25.0. The molecule has 2 saturated heterocycles. The topological polar surface area (TPSA) is 53.0 Å². The molecule has 3 heterocycles. The predicted molar refractivity (Wildman–Crippen MR) is 139 cm³/mol. The molecule has 2 aliphatic heterocycles. The van der Waals surface area contributed by atoms with E-state index < -0.39 is 0 Å². The molecule has 4 aliphatic rings. The summed E-state index contributed by atoms with van der Waals surface area (Å²) in [6.45, 7) is 12.3. The molecule has 1 aromatic carbocycles. The number of nitrogens with one attached hydrogen (secondary N) is 1. The number of morpholine rings is 1. The molecule has 2 amide bonds. The quantitative estimate of drug-likeness (QED) is 0.652. The molecule has 1 aromatic heterocycles. The molecule has 0 radical (unpaired) electrons. The fourth-order valence-corrected chi connectivity index (χ4v) is 6.80. The number of hydrogen-bond acceptors (Lipinski definition) is 4. The molecular weight excluding hydrogens is 438 g/mol. The molecule has 0 unspecified atom stereocenters. The Bertz CT molecular complexity index is 1070. The first-order valence-electron chi connectivity index (χ1n) is 13.9. The number of carbonyl (C=O) groups is 1. The number of hydrogen-bond donors (Lipinski definition) is 1. The summed E-state index contributed by atoms with van der Waals surface area (Å²) in [6, 6.07) is 7.36. The lowest BCUT2D eigenvalue weighted by molar-refractivity contribution is 0.0331. The van der Waals surface area contributed by atoms with Crippen molar-refractivity contribution in [1.29, 1.82) is 0 Å². The first kappa shape index (κ1) is 23.3. The Balaban J connectivity index is 1.43. The van der Waals surface area contributed by atoms with E-state index in [1.165, 1.54) is 66.5 Å². The molecule has 2 aliphatic carbocycles. The molecule has 2 atom stereocenters. The van der Waals surface area contributed by atoms with Crippen molar-refractivity contribution in [2.24, 2.45) is 5.92 Å². The van der Waals surface area contributed by atoms with Gasteiger partial charge in [0.1, 0.15) is 0 Å². The summed E-state index contributed by atoms with van der Waals surface area (Å²) in [5.41, 5.74) is 8.73. The number of aromatic nitrogens is 1. The van der Waals surface area contributed by atoms with Crippen LogP contribution in [0.3, 0.4) is 0 Å². The van der Waals surface area contributed by atoms with Gasteiger partial charge in [0.2, 0.25) is 0 Å². The standard InChI is InChI=1S/C28H41N5O2/c1-3-31(4-2)28(34)29-33-24-9-5-7-22-21-8-6-12-32(18-20-10-11-20)25(21)17-23(27(22)24)26(33)19-30-13-15-35-16-14-30/h5,7,9,20-21,25H,3-4,6,8,10-19H2,1-2H3,(H,29,34)/t21-,25-/m1/s1. The minimum absolute atomic E-state index is 0.0147. The van der Waals surface area contributed by atoms with Crippen molar-refractivity contribution < 1.29 is 9.53 Å². The van der Waals surface area contributed by atoms with Crippen LogP contribution in [0.1, 0.15) is 62.3 Å². The Morgan fingerprint density at radius 3 is 2.66 bits per heavy atom. The Kier molecular flexibility index (Phi) is 6.50. The summed E-state index contributed by atoms with van der Waals surface area (Å²) >= 11 is 0. The van der Waals surface area contributed by atoms with Crippen molar-refractivity contribution in [3.63, 3.8) is 0 Å². The lowest BCUT2D eigenvalue weighted by Gasteiger charge is -2.44. The van der Waals surface area contributed by atoms with E-state index in [-0.39, 0.29) is 6.03 Å². The highest BCUT2D eigenvalue weighted by Crippen LogP contribution is 2.46. The number of ether oxygens (including phenoxy) is 1. The van der Waals surface area contributed by atoms with E-state index in [0.29, 0.717) is 25.0 Å².